The topological polar surface area (TPSA) is 64.3 Å². The second-order valence-corrected chi connectivity index (χ2v) is 4.60. The van der Waals surface area contributed by atoms with Crippen LogP contribution in [0.2, 0.25) is 0 Å². The van der Waals surface area contributed by atoms with Crippen LogP contribution in [0.4, 0.5) is 0 Å². The van der Waals surface area contributed by atoms with Gasteiger partial charge in [0.2, 0.25) is 5.91 Å². The molecule has 1 unspecified atom stereocenters. The molecule has 1 amide bonds. The zero-order chi connectivity index (χ0) is 13.0. The van der Waals surface area contributed by atoms with Crippen molar-refractivity contribution in [3.8, 4) is 5.75 Å². The summed E-state index contributed by atoms with van der Waals surface area (Å²) in [5.41, 5.74) is 7.67. The van der Waals surface area contributed by atoms with E-state index in [1.807, 2.05) is 6.07 Å². The van der Waals surface area contributed by atoms with E-state index in [4.69, 9.17) is 10.5 Å². The van der Waals surface area contributed by atoms with Crippen LogP contribution in [0.1, 0.15) is 36.9 Å². The van der Waals surface area contributed by atoms with Crippen LogP contribution >= 0.6 is 0 Å². The van der Waals surface area contributed by atoms with Crippen molar-refractivity contribution in [3.05, 3.63) is 29.3 Å². The van der Waals surface area contributed by atoms with Gasteiger partial charge in [0.15, 0.2) is 0 Å². The highest BCUT2D eigenvalue weighted by Crippen LogP contribution is 2.28. The quantitative estimate of drug-likeness (QED) is 0.802. The first kappa shape index (κ1) is 12.9. The highest BCUT2D eigenvalue weighted by molar-refractivity contribution is 5.73. The van der Waals surface area contributed by atoms with Crippen molar-refractivity contribution in [2.24, 2.45) is 5.73 Å². The highest BCUT2D eigenvalue weighted by atomic mass is 16.5. The molecule has 0 spiro atoms. The summed E-state index contributed by atoms with van der Waals surface area (Å²) in [7, 11) is 0. The number of fused-ring (bicyclic) bond motifs is 1. The van der Waals surface area contributed by atoms with Crippen LogP contribution in [0.5, 0.6) is 5.75 Å². The second kappa shape index (κ2) is 5.87. The summed E-state index contributed by atoms with van der Waals surface area (Å²) in [5.74, 6) is 0.741. The second-order valence-electron chi connectivity index (χ2n) is 4.60. The van der Waals surface area contributed by atoms with Crippen molar-refractivity contribution in [2.45, 2.75) is 32.2 Å². The number of hydrogen-bond acceptors (Lipinski definition) is 3. The van der Waals surface area contributed by atoms with Crippen molar-refractivity contribution in [3.63, 3.8) is 0 Å². The van der Waals surface area contributed by atoms with Gasteiger partial charge in [-0.2, -0.15) is 0 Å². The van der Waals surface area contributed by atoms with Crippen molar-refractivity contribution < 1.29 is 9.53 Å². The van der Waals surface area contributed by atoms with Crippen molar-refractivity contribution in [1.29, 1.82) is 0 Å². The number of benzene rings is 1. The molecule has 18 heavy (non-hydrogen) atoms. The number of nitrogens with one attached hydrogen (secondary N) is 1. The highest BCUT2D eigenvalue weighted by Gasteiger charge is 2.15. The summed E-state index contributed by atoms with van der Waals surface area (Å²) in [5, 5.41) is 3.37. The third-order valence-electron chi connectivity index (χ3n) is 3.29. The lowest BCUT2D eigenvalue weighted by atomic mass is 10.0. The van der Waals surface area contributed by atoms with Crippen LogP contribution in [0.15, 0.2) is 18.2 Å². The molecule has 0 fully saturated rings. The van der Waals surface area contributed by atoms with E-state index in [1.165, 1.54) is 11.1 Å². The molecule has 2 rings (SSSR count). The summed E-state index contributed by atoms with van der Waals surface area (Å²) in [4.78, 5) is 10.7. The van der Waals surface area contributed by atoms with E-state index in [9.17, 15) is 4.79 Å². The number of primary amides is 1. The van der Waals surface area contributed by atoms with Crippen LogP contribution in [0.3, 0.4) is 0 Å². The van der Waals surface area contributed by atoms with Crippen LogP contribution in [0, 0.1) is 0 Å². The minimum absolute atomic E-state index is 0.264. The summed E-state index contributed by atoms with van der Waals surface area (Å²) in [6, 6.07) is 6.61. The van der Waals surface area contributed by atoms with Crippen molar-refractivity contribution in [2.75, 3.05) is 13.2 Å². The molecule has 0 bridgehead atoms. The molecule has 0 aliphatic carbocycles. The Balaban J connectivity index is 2.01. The molecule has 3 N–H and O–H groups in total. The number of hydrogen-bond donors (Lipinski definition) is 2. The minimum Gasteiger partial charge on any atom is -0.493 e. The summed E-state index contributed by atoms with van der Waals surface area (Å²) in [6.45, 7) is 3.54. The van der Waals surface area contributed by atoms with E-state index in [1.54, 1.807) is 0 Å². The first-order chi connectivity index (χ1) is 8.70. The molecule has 1 aliphatic rings. The number of nitrogens with two attached hydrogens (primary N) is 1. The third-order valence-corrected chi connectivity index (χ3v) is 3.29. The Hall–Kier alpha value is -1.55. The largest absolute Gasteiger partial charge is 0.493 e. The van der Waals surface area contributed by atoms with E-state index in [2.05, 4.69) is 24.4 Å². The van der Waals surface area contributed by atoms with Gasteiger partial charge in [0, 0.05) is 25.4 Å². The maximum absolute atomic E-state index is 10.7. The van der Waals surface area contributed by atoms with Crippen molar-refractivity contribution in [1.82, 2.24) is 5.32 Å². The van der Waals surface area contributed by atoms with Gasteiger partial charge in [0.05, 0.1) is 6.61 Å². The van der Waals surface area contributed by atoms with Gasteiger partial charge < -0.3 is 15.8 Å². The maximum atomic E-state index is 10.7. The lowest BCUT2D eigenvalue weighted by molar-refractivity contribution is -0.117. The number of ether oxygens (including phenoxy) is 1. The fourth-order valence-electron chi connectivity index (χ4n) is 2.29. The lowest BCUT2D eigenvalue weighted by Crippen LogP contribution is -2.25. The summed E-state index contributed by atoms with van der Waals surface area (Å²) in [6.07, 6.45) is 2.35. The van der Waals surface area contributed by atoms with E-state index in [0.717, 1.165) is 25.2 Å². The molecule has 4 nitrogen and oxygen atoms in total. The molecule has 0 saturated heterocycles. The number of rotatable bonds is 6. The SMILES string of the molecule is CCC(NCCC(N)=O)c1ccc2c(c1)CCO2. The van der Waals surface area contributed by atoms with Gasteiger partial charge >= 0.3 is 0 Å². The molecular formula is C14H20N2O2. The van der Waals surface area contributed by atoms with Crippen LogP contribution < -0.4 is 15.8 Å². The van der Waals surface area contributed by atoms with E-state index in [-0.39, 0.29) is 11.9 Å². The zero-order valence-electron chi connectivity index (χ0n) is 10.7. The van der Waals surface area contributed by atoms with Crippen LogP contribution in [-0.2, 0) is 11.2 Å². The molecule has 0 radical (unpaired) electrons. The molecule has 0 aromatic heterocycles. The standard InChI is InChI=1S/C14H20N2O2/c1-2-12(16-7-5-14(15)17)10-3-4-13-11(9-10)6-8-18-13/h3-4,9,12,16H,2,5-8H2,1H3,(H2,15,17). The Labute approximate surface area is 108 Å². The van der Waals surface area contributed by atoms with E-state index >= 15 is 0 Å². The van der Waals surface area contributed by atoms with Gasteiger partial charge in [-0.15, -0.1) is 0 Å². The van der Waals surface area contributed by atoms with E-state index < -0.39 is 0 Å². The van der Waals surface area contributed by atoms with Gasteiger partial charge in [-0.3, -0.25) is 4.79 Å². The lowest BCUT2D eigenvalue weighted by Gasteiger charge is -2.17. The normalized spacial score (nSPS) is 14.9. The maximum Gasteiger partial charge on any atom is 0.218 e. The Bertz CT molecular complexity index is 432. The molecular weight excluding hydrogens is 228 g/mol. The molecule has 1 aromatic rings. The zero-order valence-corrected chi connectivity index (χ0v) is 10.7. The molecule has 1 heterocycles. The molecule has 1 aliphatic heterocycles. The summed E-state index contributed by atoms with van der Waals surface area (Å²) < 4.78 is 5.50. The smallest absolute Gasteiger partial charge is 0.218 e. The molecule has 1 aromatic carbocycles. The monoisotopic (exact) mass is 248 g/mol. The predicted octanol–water partition coefficient (Wildman–Crippen LogP) is 1.54. The van der Waals surface area contributed by atoms with Gasteiger partial charge in [-0.05, 0) is 23.6 Å². The van der Waals surface area contributed by atoms with Gasteiger partial charge in [-0.1, -0.05) is 19.1 Å². The number of carbonyl (C=O) groups excluding carboxylic acids is 1. The van der Waals surface area contributed by atoms with Crippen LogP contribution in [-0.4, -0.2) is 19.1 Å². The molecule has 0 saturated carbocycles. The molecule has 1 atom stereocenters. The summed E-state index contributed by atoms with van der Waals surface area (Å²) >= 11 is 0. The van der Waals surface area contributed by atoms with E-state index in [0.29, 0.717) is 13.0 Å². The van der Waals surface area contributed by atoms with Crippen molar-refractivity contribution >= 4 is 5.91 Å². The minimum atomic E-state index is -0.264. The average Bonchev–Trinajstić information content (AvgIpc) is 2.81. The fourth-order valence-corrected chi connectivity index (χ4v) is 2.29. The number of carbonyl (C=O) groups is 1. The average molecular weight is 248 g/mol. The fraction of sp³-hybridized carbons (Fsp3) is 0.500. The Kier molecular flexibility index (Phi) is 4.20. The Morgan fingerprint density at radius 3 is 3.11 bits per heavy atom. The van der Waals surface area contributed by atoms with Crippen LogP contribution in [0.25, 0.3) is 0 Å². The predicted molar refractivity (Wildman–Crippen MR) is 70.5 cm³/mol. The molecule has 98 valence electrons. The Morgan fingerprint density at radius 2 is 2.39 bits per heavy atom. The number of amides is 1. The first-order valence-electron chi connectivity index (χ1n) is 6.48. The van der Waals surface area contributed by atoms with Gasteiger partial charge in [-0.25, -0.2) is 0 Å². The first-order valence-corrected chi connectivity index (χ1v) is 6.48. The van der Waals surface area contributed by atoms with Gasteiger partial charge in [0.1, 0.15) is 5.75 Å². The third kappa shape index (κ3) is 3.01. The molecule has 4 heteroatoms. The Morgan fingerprint density at radius 1 is 1.56 bits per heavy atom. The van der Waals surface area contributed by atoms with Gasteiger partial charge in [0.25, 0.3) is 0 Å².